The topological polar surface area (TPSA) is 105 Å². The Hall–Kier alpha value is -3.38. The van der Waals surface area contributed by atoms with Crippen molar-refractivity contribution in [2.75, 3.05) is 38.2 Å². The van der Waals surface area contributed by atoms with Gasteiger partial charge in [0.2, 0.25) is 5.91 Å². The van der Waals surface area contributed by atoms with Gasteiger partial charge in [-0.15, -0.1) is 0 Å². The van der Waals surface area contributed by atoms with Gasteiger partial charge >= 0.3 is 0 Å². The van der Waals surface area contributed by atoms with Crippen LogP contribution in [-0.4, -0.2) is 65.6 Å². The van der Waals surface area contributed by atoms with Crippen LogP contribution in [0.25, 0.3) is 6.08 Å². The first-order valence-electron chi connectivity index (χ1n) is 12.9. The molecule has 2 aromatic rings. The Morgan fingerprint density at radius 2 is 1.77 bits per heavy atom. The highest BCUT2D eigenvalue weighted by Gasteiger charge is 2.37. The van der Waals surface area contributed by atoms with Crippen LogP contribution in [0.5, 0.6) is 11.5 Å². The number of nitrogens with one attached hydrogen (secondary N) is 1. The summed E-state index contributed by atoms with van der Waals surface area (Å²) in [7, 11) is 0. The van der Waals surface area contributed by atoms with Gasteiger partial charge in [0.25, 0.3) is 17.1 Å². The van der Waals surface area contributed by atoms with Crippen LogP contribution in [0.3, 0.4) is 0 Å². The van der Waals surface area contributed by atoms with E-state index in [9.17, 15) is 23.6 Å². The largest absolute Gasteiger partial charge is 0.490 e. The molecule has 0 aliphatic carbocycles. The van der Waals surface area contributed by atoms with Crippen molar-refractivity contribution >= 4 is 62.4 Å². The van der Waals surface area contributed by atoms with Gasteiger partial charge in [-0.3, -0.25) is 24.1 Å². The Balaban J connectivity index is 1.44. The van der Waals surface area contributed by atoms with Gasteiger partial charge in [-0.1, -0.05) is 12.8 Å². The number of carbonyl (C=O) groups is 4. The molecule has 0 radical (unpaired) electrons. The predicted octanol–water partition coefficient (Wildman–Crippen LogP) is 5.44. The maximum atomic E-state index is 13.1. The number of hydrogen-bond acceptors (Lipinski definition) is 7. The van der Waals surface area contributed by atoms with E-state index in [-0.39, 0.29) is 29.7 Å². The summed E-state index contributed by atoms with van der Waals surface area (Å²) in [5.74, 6) is -1.00. The SMILES string of the molecule is CCOc1cc(C=C2SC(=O)N(CC(=O)N3CCCCCC3)C2=O)cc(Br)c1OCC(=O)Nc1ccc(F)cc1. The lowest BCUT2D eigenvalue weighted by molar-refractivity contribution is -0.135. The van der Waals surface area contributed by atoms with Crippen LogP contribution in [-0.2, 0) is 14.4 Å². The molecule has 4 amide bonds. The number of rotatable bonds is 9. The van der Waals surface area contributed by atoms with Crippen molar-refractivity contribution in [3.05, 3.63) is 57.2 Å². The Bertz CT molecular complexity index is 1310. The minimum absolute atomic E-state index is 0.190. The van der Waals surface area contributed by atoms with Gasteiger partial charge in [-0.05, 0) is 95.5 Å². The summed E-state index contributed by atoms with van der Waals surface area (Å²) in [5.41, 5.74) is 0.985. The number of anilines is 1. The zero-order chi connectivity index (χ0) is 28.6. The molecule has 9 nitrogen and oxygen atoms in total. The summed E-state index contributed by atoms with van der Waals surface area (Å²) in [6, 6.07) is 8.67. The average Bonchev–Trinajstić information content (AvgIpc) is 3.10. The third kappa shape index (κ3) is 7.63. The molecular formula is C28H29BrFN3O6S. The lowest BCUT2D eigenvalue weighted by atomic mass is 10.2. The number of nitrogens with zero attached hydrogens (tertiary/aromatic N) is 2. The van der Waals surface area contributed by atoms with Crippen LogP contribution in [0.2, 0.25) is 0 Å². The molecule has 0 aromatic heterocycles. The molecule has 40 heavy (non-hydrogen) atoms. The van der Waals surface area contributed by atoms with Gasteiger partial charge in [0, 0.05) is 18.8 Å². The molecule has 212 valence electrons. The molecule has 2 aliphatic rings. The first kappa shape index (κ1) is 29.6. The first-order chi connectivity index (χ1) is 19.2. The third-order valence-electron chi connectivity index (χ3n) is 6.23. The number of likely N-dealkylation sites (tertiary alicyclic amines) is 1. The quantitative estimate of drug-likeness (QED) is 0.366. The van der Waals surface area contributed by atoms with Crippen molar-refractivity contribution in [1.82, 2.24) is 9.80 Å². The van der Waals surface area contributed by atoms with Crippen molar-refractivity contribution in [3.8, 4) is 11.5 Å². The van der Waals surface area contributed by atoms with Gasteiger partial charge in [0.15, 0.2) is 18.1 Å². The molecule has 2 aliphatic heterocycles. The summed E-state index contributed by atoms with van der Waals surface area (Å²) >= 11 is 4.22. The van der Waals surface area contributed by atoms with Crippen LogP contribution >= 0.6 is 27.7 Å². The number of halogens is 2. The maximum Gasteiger partial charge on any atom is 0.294 e. The number of benzene rings is 2. The number of ether oxygens (including phenoxy) is 2. The standard InChI is InChI=1S/C28H29BrFN3O6S/c1-2-38-22-14-18(13-21(29)26(22)39-17-24(34)31-20-9-7-19(30)8-10-20)15-23-27(36)33(28(37)40-23)16-25(35)32-11-5-3-4-6-12-32/h7-10,13-15H,2-6,11-12,16-17H2,1H3,(H,31,34). The number of imide groups is 1. The highest BCUT2D eigenvalue weighted by molar-refractivity contribution is 9.10. The summed E-state index contributed by atoms with van der Waals surface area (Å²) < 4.78 is 25.0. The number of carbonyl (C=O) groups excluding carboxylic acids is 4. The minimum atomic E-state index is -0.523. The van der Waals surface area contributed by atoms with E-state index in [0.717, 1.165) is 42.3 Å². The molecule has 0 atom stereocenters. The van der Waals surface area contributed by atoms with E-state index in [4.69, 9.17) is 9.47 Å². The number of hydrogen-bond donors (Lipinski definition) is 1. The van der Waals surface area contributed by atoms with E-state index in [0.29, 0.717) is 41.2 Å². The van der Waals surface area contributed by atoms with E-state index >= 15 is 0 Å². The highest BCUT2D eigenvalue weighted by atomic mass is 79.9. The molecule has 4 rings (SSSR count). The molecule has 0 saturated carbocycles. The Kier molecular flexibility index (Phi) is 10.2. The van der Waals surface area contributed by atoms with Crippen LogP contribution in [0.1, 0.15) is 38.2 Å². The van der Waals surface area contributed by atoms with Gasteiger partial charge < -0.3 is 19.7 Å². The maximum absolute atomic E-state index is 13.1. The van der Waals surface area contributed by atoms with E-state index in [1.807, 2.05) is 0 Å². The van der Waals surface area contributed by atoms with E-state index in [1.54, 1.807) is 30.0 Å². The molecule has 2 heterocycles. The van der Waals surface area contributed by atoms with Gasteiger partial charge in [-0.25, -0.2) is 4.39 Å². The highest BCUT2D eigenvalue weighted by Crippen LogP contribution is 2.39. The number of thioether (sulfide) groups is 1. The monoisotopic (exact) mass is 633 g/mol. The second-order valence-electron chi connectivity index (χ2n) is 9.17. The van der Waals surface area contributed by atoms with Crippen LogP contribution in [0.4, 0.5) is 14.9 Å². The molecule has 2 aromatic carbocycles. The second-order valence-corrected chi connectivity index (χ2v) is 11.0. The fourth-order valence-electron chi connectivity index (χ4n) is 4.29. The molecule has 2 fully saturated rings. The predicted molar refractivity (Wildman–Crippen MR) is 154 cm³/mol. The van der Waals surface area contributed by atoms with Crippen molar-refractivity contribution in [3.63, 3.8) is 0 Å². The summed E-state index contributed by atoms with van der Waals surface area (Å²) in [4.78, 5) is 53.6. The summed E-state index contributed by atoms with van der Waals surface area (Å²) in [6.07, 6.45) is 5.53. The van der Waals surface area contributed by atoms with Crippen LogP contribution < -0.4 is 14.8 Å². The second kappa shape index (κ2) is 13.8. The van der Waals surface area contributed by atoms with Crippen LogP contribution in [0, 0.1) is 5.82 Å². The Morgan fingerprint density at radius 1 is 1.07 bits per heavy atom. The van der Waals surface area contributed by atoms with Crippen molar-refractivity contribution < 1.29 is 33.0 Å². The zero-order valence-corrected chi connectivity index (χ0v) is 24.3. The molecule has 12 heteroatoms. The molecule has 0 bridgehead atoms. The summed E-state index contributed by atoms with van der Waals surface area (Å²) in [6.45, 7) is 2.77. The smallest absolute Gasteiger partial charge is 0.294 e. The van der Waals surface area contributed by atoms with Crippen molar-refractivity contribution in [2.45, 2.75) is 32.6 Å². The fourth-order valence-corrected chi connectivity index (χ4v) is 5.70. The van der Waals surface area contributed by atoms with Crippen molar-refractivity contribution in [2.24, 2.45) is 0 Å². The fraction of sp³-hybridized carbons (Fsp3) is 0.357. The molecule has 2 saturated heterocycles. The van der Waals surface area contributed by atoms with E-state index < -0.39 is 22.9 Å². The van der Waals surface area contributed by atoms with Gasteiger partial charge in [0.05, 0.1) is 16.0 Å². The van der Waals surface area contributed by atoms with E-state index in [2.05, 4.69) is 21.2 Å². The first-order valence-corrected chi connectivity index (χ1v) is 14.5. The van der Waals surface area contributed by atoms with Crippen molar-refractivity contribution in [1.29, 1.82) is 0 Å². The van der Waals surface area contributed by atoms with Gasteiger partial charge in [0.1, 0.15) is 12.4 Å². The van der Waals surface area contributed by atoms with E-state index in [1.165, 1.54) is 24.3 Å². The molecular weight excluding hydrogens is 605 g/mol. The van der Waals surface area contributed by atoms with Crippen LogP contribution in [0.15, 0.2) is 45.8 Å². The Labute approximate surface area is 244 Å². The Morgan fingerprint density at radius 3 is 2.45 bits per heavy atom. The molecule has 0 unspecified atom stereocenters. The number of amides is 4. The third-order valence-corrected chi connectivity index (χ3v) is 7.73. The van der Waals surface area contributed by atoms with Gasteiger partial charge in [-0.2, -0.15) is 0 Å². The zero-order valence-electron chi connectivity index (χ0n) is 21.9. The normalized spacial score (nSPS) is 16.7. The lowest BCUT2D eigenvalue weighted by Gasteiger charge is -2.22. The average molecular weight is 635 g/mol. The molecule has 0 spiro atoms. The molecule has 1 N–H and O–H groups in total. The summed E-state index contributed by atoms with van der Waals surface area (Å²) in [5, 5.41) is 2.13. The minimum Gasteiger partial charge on any atom is -0.490 e. The lowest BCUT2D eigenvalue weighted by Crippen LogP contribution is -2.42.